The minimum atomic E-state index is 0.607. The zero-order chi connectivity index (χ0) is 11.0. The van der Waals surface area contributed by atoms with Gasteiger partial charge in [-0.05, 0) is 40.8 Å². The third-order valence-corrected chi connectivity index (χ3v) is 3.77. The lowest BCUT2D eigenvalue weighted by atomic mass is 10.2. The summed E-state index contributed by atoms with van der Waals surface area (Å²) in [5.41, 5.74) is 1.03. The predicted molar refractivity (Wildman–Crippen MR) is 74.1 cm³/mol. The highest BCUT2D eigenvalue weighted by Gasteiger charge is 2.11. The van der Waals surface area contributed by atoms with Gasteiger partial charge in [0, 0.05) is 20.7 Å². The van der Waals surface area contributed by atoms with Crippen LogP contribution in [0.25, 0.3) is 11.4 Å². The van der Waals surface area contributed by atoms with E-state index in [1.807, 2.05) is 23.7 Å². The molecule has 1 aromatic carbocycles. The highest BCUT2D eigenvalue weighted by Crippen LogP contribution is 2.28. The molecule has 0 unspecified atom stereocenters. The van der Waals surface area contributed by atoms with Gasteiger partial charge in [-0.25, -0.2) is 0 Å². The lowest BCUT2D eigenvalue weighted by molar-refractivity contribution is 0.798. The van der Waals surface area contributed by atoms with Crippen LogP contribution in [0.3, 0.4) is 0 Å². The SMILES string of the molecule is Cn1c(S)nnc1-c1cc(I)ccc1Br. The van der Waals surface area contributed by atoms with Gasteiger partial charge in [0.15, 0.2) is 11.0 Å². The van der Waals surface area contributed by atoms with Crippen LogP contribution < -0.4 is 0 Å². The third-order valence-electron chi connectivity index (χ3n) is 2.02. The van der Waals surface area contributed by atoms with Crippen molar-refractivity contribution in [2.24, 2.45) is 7.05 Å². The van der Waals surface area contributed by atoms with E-state index in [0.717, 1.165) is 19.4 Å². The number of aromatic nitrogens is 3. The molecule has 0 aliphatic rings. The summed E-state index contributed by atoms with van der Waals surface area (Å²) in [6.45, 7) is 0. The van der Waals surface area contributed by atoms with Crippen LogP contribution in [-0.2, 0) is 7.05 Å². The highest BCUT2D eigenvalue weighted by atomic mass is 127. The van der Waals surface area contributed by atoms with Gasteiger partial charge in [-0.3, -0.25) is 0 Å². The summed E-state index contributed by atoms with van der Waals surface area (Å²) in [5.74, 6) is 0.811. The first-order valence-electron chi connectivity index (χ1n) is 4.13. The number of benzene rings is 1. The first-order valence-corrected chi connectivity index (χ1v) is 6.45. The molecule has 1 aromatic heterocycles. The van der Waals surface area contributed by atoms with Crippen LogP contribution in [0.1, 0.15) is 0 Å². The first-order chi connectivity index (χ1) is 7.09. The van der Waals surface area contributed by atoms with Gasteiger partial charge in [-0.2, -0.15) is 0 Å². The fraction of sp³-hybridized carbons (Fsp3) is 0.111. The first kappa shape index (κ1) is 11.4. The molecule has 2 aromatic rings. The van der Waals surface area contributed by atoms with E-state index in [4.69, 9.17) is 0 Å². The number of nitrogens with zero attached hydrogens (tertiary/aromatic N) is 3. The van der Waals surface area contributed by atoms with Crippen LogP contribution in [0, 0.1) is 3.57 Å². The second-order valence-electron chi connectivity index (χ2n) is 3.01. The Morgan fingerprint density at radius 2 is 2.13 bits per heavy atom. The Labute approximate surface area is 115 Å². The van der Waals surface area contributed by atoms with Crippen molar-refractivity contribution >= 4 is 51.1 Å². The lowest BCUT2D eigenvalue weighted by Crippen LogP contribution is -1.94. The van der Waals surface area contributed by atoms with Crippen molar-refractivity contribution < 1.29 is 0 Å². The molecule has 0 spiro atoms. The topological polar surface area (TPSA) is 30.7 Å². The summed E-state index contributed by atoms with van der Waals surface area (Å²) in [4.78, 5) is 0. The number of hydrogen-bond donors (Lipinski definition) is 1. The molecule has 15 heavy (non-hydrogen) atoms. The van der Waals surface area contributed by atoms with E-state index < -0.39 is 0 Å². The van der Waals surface area contributed by atoms with E-state index in [1.54, 1.807) is 0 Å². The van der Waals surface area contributed by atoms with Crippen molar-refractivity contribution in [3.63, 3.8) is 0 Å². The minimum absolute atomic E-state index is 0.607. The summed E-state index contributed by atoms with van der Waals surface area (Å²) in [6.07, 6.45) is 0. The van der Waals surface area contributed by atoms with E-state index in [0.29, 0.717) is 5.16 Å². The average Bonchev–Trinajstić information content (AvgIpc) is 2.52. The molecule has 0 atom stereocenters. The molecular formula is C9H7BrIN3S. The monoisotopic (exact) mass is 395 g/mol. The van der Waals surface area contributed by atoms with Crippen LogP contribution in [0.5, 0.6) is 0 Å². The molecule has 2 rings (SSSR count). The van der Waals surface area contributed by atoms with Gasteiger partial charge in [0.05, 0.1) is 0 Å². The molecule has 0 aliphatic heterocycles. The summed E-state index contributed by atoms with van der Waals surface area (Å²) in [6, 6.07) is 6.10. The normalized spacial score (nSPS) is 10.7. The quantitative estimate of drug-likeness (QED) is 0.594. The Kier molecular flexibility index (Phi) is 3.36. The maximum absolute atomic E-state index is 4.20. The summed E-state index contributed by atoms with van der Waals surface area (Å²) < 4.78 is 4.01. The van der Waals surface area contributed by atoms with Crippen molar-refractivity contribution in [1.29, 1.82) is 0 Å². The Morgan fingerprint density at radius 3 is 2.73 bits per heavy atom. The Balaban J connectivity index is 2.63. The largest absolute Gasteiger partial charge is 0.305 e. The predicted octanol–water partition coefficient (Wildman–Crippen LogP) is 3.14. The zero-order valence-electron chi connectivity index (χ0n) is 7.78. The molecule has 0 saturated carbocycles. The van der Waals surface area contributed by atoms with Crippen molar-refractivity contribution in [3.05, 3.63) is 26.2 Å². The molecule has 3 nitrogen and oxygen atoms in total. The third kappa shape index (κ3) is 2.21. The summed E-state index contributed by atoms with van der Waals surface area (Å²) >= 11 is 9.97. The van der Waals surface area contributed by atoms with Crippen LogP contribution in [-0.4, -0.2) is 14.8 Å². The van der Waals surface area contributed by atoms with Gasteiger partial charge in [0.25, 0.3) is 0 Å². The lowest BCUT2D eigenvalue weighted by Gasteiger charge is -2.04. The van der Waals surface area contributed by atoms with Gasteiger partial charge in [-0.1, -0.05) is 15.9 Å². The van der Waals surface area contributed by atoms with Crippen LogP contribution in [0.4, 0.5) is 0 Å². The molecular weight excluding hydrogens is 389 g/mol. The standard InChI is InChI=1S/C9H7BrIN3S/c1-14-8(12-13-9(14)15)6-4-5(11)2-3-7(6)10/h2-4H,1H3,(H,13,15). The van der Waals surface area contributed by atoms with Crippen molar-refractivity contribution in [1.82, 2.24) is 14.8 Å². The Bertz CT molecular complexity index is 512. The zero-order valence-corrected chi connectivity index (χ0v) is 12.4. The van der Waals surface area contributed by atoms with Crippen molar-refractivity contribution in [3.8, 4) is 11.4 Å². The number of rotatable bonds is 1. The molecule has 0 fully saturated rings. The molecule has 6 heteroatoms. The van der Waals surface area contributed by atoms with Gasteiger partial charge < -0.3 is 4.57 Å². The second kappa shape index (κ2) is 4.42. The molecule has 1 heterocycles. The second-order valence-corrected chi connectivity index (χ2v) is 5.51. The van der Waals surface area contributed by atoms with E-state index in [-0.39, 0.29) is 0 Å². The van der Waals surface area contributed by atoms with Crippen LogP contribution in [0.15, 0.2) is 27.8 Å². The van der Waals surface area contributed by atoms with E-state index in [2.05, 4.69) is 67.4 Å². The van der Waals surface area contributed by atoms with Gasteiger partial charge >= 0.3 is 0 Å². The number of halogens is 2. The molecule has 0 bridgehead atoms. The Hall–Kier alpha value is -0.0800. The Morgan fingerprint density at radius 1 is 1.40 bits per heavy atom. The number of thiol groups is 1. The van der Waals surface area contributed by atoms with Gasteiger partial charge in [0.2, 0.25) is 0 Å². The van der Waals surface area contributed by atoms with Crippen molar-refractivity contribution in [2.75, 3.05) is 0 Å². The fourth-order valence-electron chi connectivity index (χ4n) is 1.22. The summed E-state index contributed by atoms with van der Waals surface area (Å²) in [5, 5.41) is 8.62. The maximum atomic E-state index is 4.20. The number of hydrogen-bond acceptors (Lipinski definition) is 3. The average molecular weight is 396 g/mol. The van der Waals surface area contributed by atoms with Gasteiger partial charge in [-0.15, -0.1) is 22.8 Å². The smallest absolute Gasteiger partial charge is 0.188 e. The van der Waals surface area contributed by atoms with Crippen molar-refractivity contribution in [2.45, 2.75) is 5.16 Å². The molecule has 0 aliphatic carbocycles. The van der Waals surface area contributed by atoms with Crippen LogP contribution >= 0.6 is 51.1 Å². The van der Waals surface area contributed by atoms with Gasteiger partial charge in [0.1, 0.15) is 0 Å². The molecule has 0 radical (unpaired) electrons. The fourth-order valence-corrected chi connectivity index (χ4v) is 2.28. The minimum Gasteiger partial charge on any atom is -0.305 e. The molecule has 0 N–H and O–H groups in total. The van der Waals surface area contributed by atoms with E-state index in [9.17, 15) is 0 Å². The van der Waals surface area contributed by atoms with E-state index >= 15 is 0 Å². The molecule has 78 valence electrons. The summed E-state index contributed by atoms with van der Waals surface area (Å²) in [7, 11) is 1.89. The maximum Gasteiger partial charge on any atom is 0.188 e. The highest BCUT2D eigenvalue weighted by molar-refractivity contribution is 14.1. The molecule has 0 saturated heterocycles. The van der Waals surface area contributed by atoms with E-state index in [1.165, 1.54) is 0 Å². The molecule has 0 amide bonds. The van der Waals surface area contributed by atoms with Crippen LogP contribution in [0.2, 0.25) is 0 Å².